The minimum Gasteiger partial charge on any atom is -0.311 e. The molecule has 3 unspecified atom stereocenters. The lowest BCUT2D eigenvalue weighted by atomic mass is 10.1. The van der Waals surface area contributed by atoms with Gasteiger partial charge in [-0.2, -0.15) is 11.8 Å². The molecule has 1 aliphatic carbocycles. The van der Waals surface area contributed by atoms with E-state index < -0.39 is 0 Å². The van der Waals surface area contributed by atoms with Gasteiger partial charge in [0.25, 0.3) is 0 Å². The Hall–Kier alpha value is 0.310. The largest absolute Gasteiger partial charge is 0.311 e. The molecule has 1 nitrogen and oxygen atoms in total. The quantitative estimate of drug-likeness (QED) is 0.729. The number of thioether (sulfide) groups is 1. The molecule has 1 fully saturated rings. The van der Waals surface area contributed by atoms with Crippen LogP contribution in [0.3, 0.4) is 0 Å². The SMILES string of the molecule is CCC1CCC(NC(C)CCSC)C1. The van der Waals surface area contributed by atoms with Crippen molar-refractivity contribution in [2.75, 3.05) is 12.0 Å². The van der Waals surface area contributed by atoms with Gasteiger partial charge in [-0.05, 0) is 50.5 Å². The van der Waals surface area contributed by atoms with Crippen LogP contribution in [0.5, 0.6) is 0 Å². The van der Waals surface area contributed by atoms with Crippen molar-refractivity contribution in [1.29, 1.82) is 0 Å². The standard InChI is InChI=1S/C12H25NS/c1-4-11-5-6-12(9-11)13-10(2)7-8-14-3/h10-13H,4-9H2,1-3H3. The van der Waals surface area contributed by atoms with Crippen molar-refractivity contribution in [2.45, 2.75) is 58.0 Å². The van der Waals surface area contributed by atoms with Crippen LogP contribution < -0.4 is 5.32 Å². The van der Waals surface area contributed by atoms with Gasteiger partial charge in [-0.15, -0.1) is 0 Å². The van der Waals surface area contributed by atoms with E-state index in [1.807, 2.05) is 11.8 Å². The molecule has 1 rings (SSSR count). The second kappa shape index (κ2) is 6.73. The van der Waals surface area contributed by atoms with E-state index in [1.165, 1.54) is 37.9 Å². The fourth-order valence-electron chi connectivity index (χ4n) is 2.38. The Bertz CT molecular complexity index is 149. The Morgan fingerprint density at radius 3 is 2.79 bits per heavy atom. The van der Waals surface area contributed by atoms with Crippen molar-refractivity contribution in [3.05, 3.63) is 0 Å². The van der Waals surface area contributed by atoms with Crippen molar-refractivity contribution >= 4 is 11.8 Å². The number of rotatable bonds is 6. The molecule has 0 bridgehead atoms. The summed E-state index contributed by atoms with van der Waals surface area (Å²) in [6.45, 7) is 4.65. The average molecular weight is 215 g/mol. The lowest BCUT2D eigenvalue weighted by Gasteiger charge is -2.19. The highest BCUT2D eigenvalue weighted by atomic mass is 32.2. The summed E-state index contributed by atoms with van der Waals surface area (Å²) in [5.74, 6) is 2.29. The molecule has 84 valence electrons. The van der Waals surface area contributed by atoms with Crippen molar-refractivity contribution in [3.8, 4) is 0 Å². The van der Waals surface area contributed by atoms with Gasteiger partial charge >= 0.3 is 0 Å². The summed E-state index contributed by atoms with van der Waals surface area (Å²) in [6.07, 6.45) is 9.15. The minimum atomic E-state index is 0.711. The molecule has 0 aromatic heterocycles. The van der Waals surface area contributed by atoms with Crippen LogP contribution in [0.15, 0.2) is 0 Å². The number of hydrogen-bond acceptors (Lipinski definition) is 2. The third kappa shape index (κ3) is 4.22. The summed E-state index contributed by atoms with van der Waals surface area (Å²) >= 11 is 1.95. The van der Waals surface area contributed by atoms with Crippen LogP contribution in [0, 0.1) is 5.92 Å². The first-order valence-electron chi connectivity index (χ1n) is 6.01. The highest BCUT2D eigenvalue weighted by Gasteiger charge is 2.23. The van der Waals surface area contributed by atoms with Gasteiger partial charge in [-0.1, -0.05) is 13.3 Å². The van der Waals surface area contributed by atoms with E-state index in [0.29, 0.717) is 6.04 Å². The number of hydrogen-bond donors (Lipinski definition) is 1. The Morgan fingerprint density at radius 2 is 2.21 bits per heavy atom. The van der Waals surface area contributed by atoms with E-state index in [1.54, 1.807) is 0 Å². The first-order valence-corrected chi connectivity index (χ1v) is 7.40. The normalized spacial score (nSPS) is 29.4. The predicted octanol–water partition coefficient (Wildman–Crippen LogP) is 3.30. The third-order valence-corrected chi connectivity index (χ3v) is 4.04. The molecule has 1 aliphatic rings. The molecular formula is C12H25NS. The van der Waals surface area contributed by atoms with E-state index in [0.717, 1.165) is 12.0 Å². The maximum Gasteiger partial charge on any atom is 0.00722 e. The average Bonchev–Trinajstić information content (AvgIpc) is 2.62. The number of nitrogens with one attached hydrogen (secondary N) is 1. The Morgan fingerprint density at radius 1 is 1.43 bits per heavy atom. The summed E-state index contributed by atoms with van der Waals surface area (Å²) in [6, 6.07) is 1.53. The van der Waals surface area contributed by atoms with E-state index >= 15 is 0 Å². The van der Waals surface area contributed by atoms with Crippen LogP contribution >= 0.6 is 11.8 Å². The van der Waals surface area contributed by atoms with Gasteiger partial charge in [0, 0.05) is 12.1 Å². The van der Waals surface area contributed by atoms with Crippen LogP contribution in [-0.4, -0.2) is 24.1 Å². The highest BCUT2D eigenvalue weighted by molar-refractivity contribution is 7.98. The monoisotopic (exact) mass is 215 g/mol. The summed E-state index contributed by atoms with van der Waals surface area (Å²) in [5, 5.41) is 3.76. The molecular weight excluding hydrogens is 190 g/mol. The molecule has 1 saturated carbocycles. The minimum absolute atomic E-state index is 0.711. The van der Waals surface area contributed by atoms with Crippen molar-refractivity contribution in [2.24, 2.45) is 5.92 Å². The highest BCUT2D eigenvalue weighted by Crippen LogP contribution is 2.28. The van der Waals surface area contributed by atoms with Crippen LogP contribution in [0.25, 0.3) is 0 Å². The van der Waals surface area contributed by atoms with Crippen LogP contribution in [0.2, 0.25) is 0 Å². The van der Waals surface area contributed by atoms with Gasteiger partial charge in [0.15, 0.2) is 0 Å². The lowest BCUT2D eigenvalue weighted by molar-refractivity contribution is 0.425. The molecule has 0 spiro atoms. The summed E-state index contributed by atoms with van der Waals surface area (Å²) < 4.78 is 0. The van der Waals surface area contributed by atoms with Gasteiger partial charge in [0.1, 0.15) is 0 Å². The molecule has 0 heterocycles. The fraction of sp³-hybridized carbons (Fsp3) is 1.00. The van der Waals surface area contributed by atoms with Gasteiger partial charge < -0.3 is 5.32 Å². The van der Waals surface area contributed by atoms with Crippen LogP contribution in [0.4, 0.5) is 0 Å². The van der Waals surface area contributed by atoms with Crippen LogP contribution in [-0.2, 0) is 0 Å². The molecule has 3 atom stereocenters. The smallest absolute Gasteiger partial charge is 0.00722 e. The summed E-state index contributed by atoms with van der Waals surface area (Å²) in [7, 11) is 0. The zero-order valence-corrected chi connectivity index (χ0v) is 10.7. The van der Waals surface area contributed by atoms with Gasteiger partial charge in [-0.3, -0.25) is 0 Å². The lowest BCUT2D eigenvalue weighted by Crippen LogP contribution is -2.35. The molecule has 0 radical (unpaired) electrons. The molecule has 0 saturated heterocycles. The van der Waals surface area contributed by atoms with Crippen molar-refractivity contribution < 1.29 is 0 Å². The zero-order valence-electron chi connectivity index (χ0n) is 9.88. The Balaban J connectivity index is 2.12. The van der Waals surface area contributed by atoms with Gasteiger partial charge in [-0.25, -0.2) is 0 Å². The molecule has 2 heteroatoms. The molecule has 0 aromatic rings. The first-order chi connectivity index (χ1) is 6.76. The zero-order chi connectivity index (χ0) is 10.4. The second-order valence-corrected chi connectivity index (χ2v) is 5.62. The van der Waals surface area contributed by atoms with E-state index in [9.17, 15) is 0 Å². The van der Waals surface area contributed by atoms with E-state index in [-0.39, 0.29) is 0 Å². The van der Waals surface area contributed by atoms with Crippen molar-refractivity contribution in [3.63, 3.8) is 0 Å². The molecule has 0 amide bonds. The van der Waals surface area contributed by atoms with Gasteiger partial charge in [0.05, 0.1) is 0 Å². The summed E-state index contributed by atoms with van der Waals surface area (Å²) in [4.78, 5) is 0. The Kier molecular flexibility index (Phi) is 5.95. The maximum absolute atomic E-state index is 3.76. The van der Waals surface area contributed by atoms with Crippen LogP contribution in [0.1, 0.15) is 46.0 Å². The second-order valence-electron chi connectivity index (χ2n) is 4.63. The van der Waals surface area contributed by atoms with Gasteiger partial charge in [0.2, 0.25) is 0 Å². The first kappa shape index (κ1) is 12.4. The maximum atomic E-state index is 3.76. The Labute approximate surface area is 93.4 Å². The molecule has 0 aliphatic heterocycles. The van der Waals surface area contributed by atoms with Crippen molar-refractivity contribution in [1.82, 2.24) is 5.32 Å². The topological polar surface area (TPSA) is 12.0 Å². The predicted molar refractivity (Wildman–Crippen MR) is 67.0 cm³/mol. The third-order valence-electron chi connectivity index (χ3n) is 3.39. The summed E-state index contributed by atoms with van der Waals surface area (Å²) in [5.41, 5.74) is 0. The van der Waals surface area contributed by atoms with E-state index in [2.05, 4.69) is 25.4 Å². The molecule has 1 N–H and O–H groups in total. The molecule has 14 heavy (non-hydrogen) atoms. The fourth-order valence-corrected chi connectivity index (χ4v) is 2.97. The molecule has 0 aromatic carbocycles. The van der Waals surface area contributed by atoms with E-state index in [4.69, 9.17) is 0 Å².